The first kappa shape index (κ1) is 9.33. The SMILES string of the molecule is CCCC(Cl)c1cccnc1N. The van der Waals surface area contributed by atoms with Crippen molar-refractivity contribution < 1.29 is 0 Å². The van der Waals surface area contributed by atoms with E-state index < -0.39 is 0 Å². The summed E-state index contributed by atoms with van der Waals surface area (Å²) in [5.74, 6) is 0.547. The number of halogens is 1. The molecule has 2 nitrogen and oxygen atoms in total. The third-order valence-corrected chi connectivity index (χ3v) is 2.20. The van der Waals surface area contributed by atoms with Crippen molar-refractivity contribution in [1.29, 1.82) is 0 Å². The topological polar surface area (TPSA) is 38.9 Å². The molecule has 0 spiro atoms. The Balaban J connectivity index is 2.79. The molecule has 2 N–H and O–H groups in total. The quantitative estimate of drug-likeness (QED) is 0.734. The zero-order chi connectivity index (χ0) is 8.97. The second-order valence-corrected chi connectivity index (χ2v) is 3.26. The van der Waals surface area contributed by atoms with Gasteiger partial charge in [-0.1, -0.05) is 19.4 Å². The predicted octanol–water partition coefficient (Wildman–Crippen LogP) is 2.74. The third-order valence-electron chi connectivity index (χ3n) is 1.75. The molecule has 1 aromatic heterocycles. The number of nitrogens with two attached hydrogens (primary N) is 1. The molecule has 0 bridgehead atoms. The summed E-state index contributed by atoms with van der Waals surface area (Å²) < 4.78 is 0. The summed E-state index contributed by atoms with van der Waals surface area (Å²) in [5.41, 5.74) is 6.60. The van der Waals surface area contributed by atoms with Gasteiger partial charge in [-0.3, -0.25) is 0 Å². The summed E-state index contributed by atoms with van der Waals surface area (Å²) in [7, 11) is 0. The summed E-state index contributed by atoms with van der Waals surface area (Å²) in [5, 5.41) is 0.00343. The number of alkyl halides is 1. The van der Waals surface area contributed by atoms with E-state index in [1.807, 2.05) is 12.1 Å². The van der Waals surface area contributed by atoms with E-state index in [9.17, 15) is 0 Å². The minimum atomic E-state index is 0.00343. The highest BCUT2D eigenvalue weighted by Crippen LogP contribution is 2.28. The highest BCUT2D eigenvalue weighted by atomic mass is 35.5. The van der Waals surface area contributed by atoms with Gasteiger partial charge in [-0.25, -0.2) is 4.98 Å². The fraction of sp³-hybridized carbons (Fsp3) is 0.444. The highest BCUT2D eigenvalue weighted by molar-refractivity contribution is 6.21. The van der Waals surface area contributed by atoms with Gasteiger partial charge in [-0.2, -0.15) is 0 Å². The molecular weight excluding hydrogens is 172 g/mol. The van der Waals surface area contributed by atoms with Gasteiger partial charge in [0.15, 0.2) is 0 Å². The van der Waals surface area contributed by atoms with Crippen LogP contribution in [-0.4, -0.2) is 4.98 Å². The van der Waals surface area contributed by atoms with Crippen molar-refractivity contribution in [1.82, 2.24) is 4.98 Å². The second kappa shape index (κ2) is 4.31. The monoisotopic (exact) mass is 184 g/mol. The fourth-order valence-electron chi connectivity index (χ4n) is 1.10. The zero-order valence-electron chi connectivity index (χ0n) is 7.13. The molecule has 1 aromatic rings. The first-order chi connectivity index (χ1) is 5.75. The van der Waals surface area contributed by atoms with Gasteiger partial charge in [0.2, 0.25) is 0 Å². The Morgan fingerprint density at radius 3 is 3.00 bits per heavy atom. The van der Waals surface area contributed by atoms with Crippen molar-refractivity contribution in [2.75, 3.05) is 5.73 Å². The van der Waals surface area contributed by atoms with Crippen LogP contribution in [-0.2, 0) is 0 Å². The van der Waals surface area contributed by atoms with E-state index in [2.05, 4.69) is 11.9 Å². The van der Waals surface area contributed by atoms with Crippen LogP contribution in [0.15, 0.2) is 18.3 Å². The van der Waals surface area contributed by atoms with E-state index in [1.54, 1.807) is 6.20 Å². The third kappa shape index (κ3) is 2.11. The van der Waals surface area contributed by atoms with Crippen LogP contribution in [0.25, 0.3) is 0 Å². The van der Waals surface area contributed by atoms with Crippen molar-refractivity contribution in [3.8, 4) is 0 Å². The van der Waals surface area contributed by atoms with Crippen LogP contribution in [0.2, 0.25) is 0 Å². The van der Waals surface area contributed by atoms with Crippen LogP contribution < -0.4 is 5.73 Å². The van der Waals surface area contributed by atoms with Gasteiger partial charge in [0.1, 0.15) is 5.82 Å². The van der Waals surface area contributed by atoms with Crippen LogP contribution in [0.3, 0.4) is 0 Å². The lowest BCUT2D eigenvalue weighted by Gasteiger charge is -2.09. The van der Waals surface area contributed by atoms with Crippen molar-refractivity contribution in [3.05, 3.63) is 23.9 Å². The minimum absolute atomic E-state index is 0.00343. The fourth-order valence-corrected chi connectivity index (χ4v) is 1.51. The van der Waals surface area contributed by atoms with E-state index in [0.717, 1.165) is 18.4 Å². The molecule has 0 aliphatic rings. The number of anilines is 1. The molecule has 1 atom stereocenters. The summed E-state index contributed by atoms with van der Waals surface area (Å²) in [6.45, 7) is 2.10. The molecule has 12 heavy (non-hydrogen) atoms. The van der Waals surface area contributed by atoms with Gasteiger partial charge in [0.05, 0.1) is 5.38 Å². The summed E-state index contributed by atoms with van der Waals surface area (Å²) >= 11 is 6.09. The number of nitrogen functional groups attached to an aromatic ring is 1. The summed E-state index contributed by atoms with van der Waals surface area (Å²) in [6, 6.07) is 3.78. The van der Waals surface area contributed by atoms with E-state index in [-0.39, 0.29) is 5.38 Å². The molecule has 0 aromatic carbocycles. The molecule has 0 aliphatic carbocycles. The minimum Gasteiger partial charge on any atom is -0.383 e. The number of hydrogen-bond acceptors (Lipinski definition) is 2. The number of hydrogen-bond donors (Lipinski definition) is 1. The molecule has 0 saturated heterocycles. The Morgan fingerprint density at radius 1 is 1.67 bits per heavy atom. The molecule has 1 unspecified atom stereocenters. The molecule has 0 aliphatic heterocycles. The van der Waals surface area contributed by atoms with Crippen molar-refractivity contribution in [3.63, 3.8) is 0 Å². The Kier molecular flexibility index (Phi) is 3.35. The Hall–Kier alpha value is -0.760. The molecule has 1 heterocycles. The molecule has 1 rings (SSSR count). The first-order valence-electron chi connectivity index (χ1n) is 4.10. The molecular formula is C9H13ClN2. The average molecular weight is 185 g/mol. The van der Waals surface area contributed by atoms with Gasteiger partial charge in [-0.05, 0) is 12.5 Å². The smallest absolute Gasteiger partial charge is 0.128 e. The standard InChI is InChI=1S/C9H13ClN2/c1-2-4-8(10)7-5-3-6-12-9(7)11/h3,5-6,8H,2,4H2,1H3,(H2,11,12). The van der Waals surface area contributed by atoms with Crippen molar-refractivity contribution in [2.45, 2.75) is 25.1 Å². The van der Waals surface area contributed by atoms with Gasteiger partial charge < -0.3 is 5.73 Å². The van der Waals surface area contributed by atoms with Gasteiger partial charge in [0, 0.05) is 11.8 Å². The lowest BCUT2D eigenvalue weighted by atomic mass is 10.1. The predicted molar refractivity (Wildman–Crippen MR) is 52.2 cm³/mol. The highest BCUT2D eigenvalue weighted by Gasteiger charge is 2.09. The van der Waals surface area contributed by atoms with Gasteiger partial charge in [-0.15, -0.1) is 11.6 Å². The first-order valence-corrected chi connectivity index (χ1v) is 4.53. The number of aromatic nitrogens is 1. The van der Waals surface area contributed by atoms with Crippen LogP contribution in [0, 0.1) is 0 Å². The van der Waals surface area contributed by atoms with Gasteiger partial charge >= 0.3 is 0 Å². The van der Waals surface area contributed by atoms with Crippen molar-refractivity contribution in [2.24, 2.45) is 0 Å². The van der Waals surface area contributed by atoms with Crippen LogP contribution in [0.1, 0.15) is 30.7 Å². The van der Waals surface area contributed by atoms with E-state index >= 15 is 0 Å². The maximum atomic E-state index is 6.09. The van der Waals surface area contributed by atoms with Crippen molar-refractivity contribution >= 4 is 17.4 Å². The summed E-state index contributed by atoms with van der Waals surface area (Å²) in [4.78, 5) is 3.98. The van der Waals surface area contributed by atoms with Crippen LogP contribution in [0.5, 0.6) is 0 Å². The van der Waals surface area contributed by atoms with Gasteiger partial charge in [0.25, 0.3) is 0 Å². The lowest BCUT2D eigenvalue weighted by molar-refractivity contribution is 0.769. The molecule has 0 radical (unpaired) electrons. The number of rotatable bonds is 3. The summed E-state index contributed by atoms with van der Waals surface area (Å²) in [6.07, 6.45) is 3.67. The van der Waals surface area contributed by atoms with Crippen LogP contribution in [0.4, 0.5) is 5.82 Å². The van der Waals surface area contributed by atoms with Crippen LogP contribution >= 0.6 is 11.6 Å². The Bertz CT molecular complexity index is 250. The number of nitrogens with zero attached hydrogens (tertiary/aromatic N) is 1. The largest absolute Gasteiger partial charge is 0.383 e. The molecule has 0 fully saturated rings. The second-order valence-electron chi connectivity index (χ2n) is 2.73. The maximum Gasteiger partial charge on any atom is 0.128 e. The molecule has 0 amide bonds. The zero-order valence-corrected chi connectivity index (χ0v) is 7.88. The maximum absolute atomic E-state index is 6.09. The van der Waals surface area contributed by atoms with E-state index in [1.165, 1.54) is 0 Å². The van der Waals surface area contributed by atoms with E-state index in [0.29, 0.717) is 5.82 Å². The number of pyridine rings is 1. The lowest BCUT2D eigenvalue weighted by Crippen LogP contribution is -1.99. The Morgan fingerprint density at radius 2 is 2.42 bits per heavy atom. The van der Waals surface area contributed by atoms with E-state index in [4.69, 9.17) is 17.3 Å². The molecule has 66 valence electrons. The molecule has 3 heteroatoms. The normalized spacial score (nSPS) is 12.8. The Labute approximate surface area is 77.8 Å². The average Bonchev–Trinajstić information content (AvgIpc) is 2.05. The molecule has 0 saturated carbocycles.